The average molecular weight is 550 g/mol. The first kappa shape index (κ1) is 28.0. The molecule has 0 atom stereocenters. The van der Waals surface area contributed by atoms with Crippen LogP contribution in [-0.2, 0) is 19.0 Å². The minimum Gasteiger partial charge on any atom is -0.491 e. The number of rotatable bonds is 8. The maximum atomic E-state index is 12.3. The standard InChI is InChI=1S/C29H31N3O6S/c1-20-6-13-24(14-7-20)39(34,35)37-17-16-36-23-12-15-25-26(18-23)31-27(19-30-25)21-8-10-22(11-9-21)32(5)28(33)38-29(2,3)4/h6-15,18-19H,16-17H2,1-5H3. The van der Waals surface area contributed by atoms with Gasteiger partial charge in [0.2, 0.25) is 0 Å². The third-order valence-electron chi connectivity index (χ3n) is 5.63. The minimum atomic E-state index is -3.86. The first-order chi connectivity index (χ1) is 18.4. The van der Waals surface area contributed by atoms with Crippen LogP contribution in [0, 0.1) is 6.92 Å². The number of hydrogen-bond donors (Lipinski definition) is 0. The van der Waals surface area contributed by atoms with Gasteiger partial charge in [0.05, 0.1) is 27.8 Å². The lowest BCUT2D eigenvalue weighted by atomic mass is 10.1. The molecular formula is C29H31N3O6S. The minimum absolute atomic E-state index is 0.0380. The number of carbonyl (C=O) groups excluding carboxylic acids is 1. The second-order valence-corrected chi connectivity index (χ2v) is 11.5. The first-order valence-electron chi connectivity index (χ1n) is 12.3. The van der Waals surface area contributed by atoms with Crippen LogP contribution in [0.1, 0.15) is 26.3 Å². The van der Waals surface area contributed by atoms with Crippen molar-refractivity contribution in [3.05, 3.63) is 78.5 Å². The summed E-state index contributed by atoms with van der Waals surface area (Å²) in [6, 6.07) is 19.1. The molecule has 4 rings (SSSR count). The molecule has 0 saturated carbocycles. The van der Waals surface area contributed by atoms with E-state index >= 15 is 0 Å². The van der Waals surface area contributed by atoms with Crippen molar-refractivity contribution in [3.63, 3.8) is 0 Å². The number of anilines is 1. The highest BCUT2D eigenvalue weighted by molar-refractivity contribution is 7.86. The molecule has 1 aromatic heterocycles. The molecule has 0 N–H and O–H groups in total. The molecule has 204 valence electrons. The molecule has 0 fully saturated rings. The van der Waals surface area contributed by atoms with Crippen LogP contribution in [0.5, 0.6) is 5.75 Å². The summed E-state index contributed by atoms with van der Waals surface area (Å²) in [5.74, 6) is 0.514. The van der Waals surface area contributed by atoms with Crippen LogP contribution < -0.4 is 9.64 Å². The fraction of sp³-hybridized carbons (Fsp3) is 0.276. The van der Waals surface area contributed by atoms with Gasteiger partial charge in [-0.15, -0.1) is 0 Å². The molecule has 9 nitrogen and oxygen atoms in total. The fourth-order valence-electron chi connectivity index (χ4n) is 3.59. The number of amides is 1. The molecule has 0 spiro atoms. The maximum absolute atomic E-state index is 12.3. The number of carbonyl (C=O) groups is 1. The molecule has 0 unspecified atom stereocenters. The van der Waals surface area contributed by atoms with E-state index in [4.69, 9.17) is 18.6 Å². The van der Waals surface area contributed by atoms with Crippen LogP contribution in [0.15, 0.2) is 77.8 Å². The van der Waals surface area contributed by atoms with Crippen LogP contribution in [-0.4, -0.2) is 50.3 Å². The lowest BCUT2D eigenvalue weighted by Gasteiger charge is -2.24. The second kappa shape index (κ2) is 11.4. The summed E-state index contributed by atoms with van der Waals surface area (Å²) in [7, 11) is -2.20. The van der Waals surface area contributed by atoms with Crippen molar-refractivity contribution < 1.29 is 26.9 Å². The molecule has 1 amide bonds. The Morgan fingerprint density at radius 1 is 0.923 bits per heavy atom. The predicted octanol–water partition coefficient (Wildman–Crippen LogP) is 5.76. The highest BCUT2D eigenvalue weighted by atomic mass is 32.2. The summed E-state index contributed by atoms with van der Waals surface area (Å²) in [6.45, 7) is 7.25. The number of fused-ring (bicyclic) bond motifs is 1. The summed E-state index contributed by atoms with van der Waals surface area (Å²) in [5, 5.41) is 0. The summed E-state index contributed by atoms with van der Waals surface area (Å²) in [4.78, 5) is 23.1. The summed E-state index contributed by atoms with van der Waals surface area (Å²) < 4.78 is 40.9. The molecule has 10 heteroatoms. The zero-order valence-corrected chi connectivity index (χ0v) is 23.4. The summed E-state index contributed by atoms with van der Waals surface area (Å²) >= 11 is 0. The number of aromatic nitrogens is 2. The number of nitrogens with zero attached hydrogens (tertiary/aromatic N) is 3. The Labute approximate surface area is 228 Å². The van der Waals surface area contributed by atoms with Gasteiger partial charge in [0.15, 0.2) is 0 Å². The van der Waals surface area contributed by atoms with E-state index < -0.39 is 21.8 Å². The van der Waals surface area contributed by atoms with Gasteiger partial charge in [-0.3, -0.25) is 14.1 Å². The quantitative estimate of drug-likeness (QED) is 0.202. The first-order valence-corrected chi connectivity index (χ1v) is 13.7. The SMILES string of the molecule is Cc1ccc(S(=O)(=O)OCCOc2ccc3ncc(-c4ccc(N(C)C(=O)OC(C)(C)C)cc4)nc3c2)cc1. The van der Waals surface area contributed by atoms with E-state index in [1.807, 2.05) is 52.0 Å². The van der Waals surface area contributed by atoms with Crippen LogP contribution in [0.3, 0.4) is 0 Å². The van der Waals surface area contributed by atoms with Crippen LogP contribution in [0.4, 0.5) is 10.5 Å². The Hall–Kier alpha value is -4.02. The monoisotopic (exact) mass is 549 g/mol. The molecule has 0 aliphatic rings. The highest BCUT2D eigenvalue weighted by Gasteiger charge is 2.20. The molecule has 1 heterocycles. The molecule has 4 aromatic rings. The molecule has 0 radical (unpaired) electrons. The van der Waals surface area contributed by atoms with Gasteiger partial charge in [0, 0.05) is 24.4 Å². The Morgan fingerprint density at radius 3 is 2.28 bits per heavy atom. The third kappa shape index (κ3) is 7.30. The normalized spacial score (nSPS) is 11.8. The lowest BCUT2D eigenvalue weighted by molar-refractivity contribution is 0.0589. The Morgan fingerprint density at radius 2 is 1.62 bits per heavy atom. The van der Waals surface area contributed by atoms with Crippen molar-refractivity contribution in [2.24, 2.45) is 0 Å². The topological polar surface area (TPSA) is 108 Å². The van der Waals surface area contributed by atoms with E-state index in [-0.39, 0.29) is 18.1 Å². The Bertz CT molecular complexity index is 1560. The lowest BCUT2D eigenvalue weighted by Crippen LogP contribution is -2.34. The van der Waals surface area contributed by atoms with Crippen molar-refractivity contribution in [2.75, 3.05) is 25.2 Å². The van der Waals surface area contributed by atoms with E-state index in [0.29, 0.717) is 28.2 Å². The number of benzene rings is 3. The smallest absolute Gasteiger partial charge is 0.414 e. The van der Waals surface area contributed by atoms with E-state index in [9.17, 15) is 13.2 Å². The van der Waals surface area contributed by atoms with Gasteiger partial charge in [0.1, 0.15) is 24.6 Å². The molecule has 0 bridgehead atoms. The third-order valence-corrected chi connectivity index (χ3v) is 6.96. The fourth-order valence-corrected chi connectivity index (χ4v) is 4.48. The van der Waals surface area contributed by atoms with Gasteiger partial charge in [-0.1, -0.05) is 29.8 Å². The van der Waals surface area contributed by atoms with Gasteiger partial charge < -0.3 is 9.47 Å². The molecule has 0 aliphatic heterocycles. The molecule has 3 aromatic carbocycles. The van der Waals surface area contributed by atoms with Crippen molar-refractivity contribution in [2.45, 2.75) is 38.2 Å². The van der Waals surface area contributed by atoms with Crippen molar-refractivity contribution in [1.82, 2.24) is 9.97 Å². The maximum Gasteiger partial charge on any atom is 0.414 e. The highest BCUT2D eigenvalue weighted by Crippen LogP contribution is 2.25. The predicted molar refractivity (Wildman–Crippen MR) is 149 cm³/mol. The van der Waals surface area contributed by atoms with E-state index in [1.165, 1.54) is 17.0 Å². The van der Waals surface area contributed by atoms with Crippen molar-refractivity contribution in [3.8, 4) is 17.0 Å². The van der Waals surface area contributed by atoms with Gasteiger partial charge in [-0.2, -0.15) is 8.42 Å². The van der Waals surface area contributed by atoms with E-state index in [0.717, 1.165) is 11.1 Å². The Balaban J connectivity index is 1.40. The molecule has 0 saturated heterocycles. The van der Waals surface area contributed by atoms with Gasteiger partial charge >= 0.3 is 6.09 Å². The summed E-state index contributed by atoms with van der Waals surface area (Å²) in [6.07, 6.45) is 1.24. The van der Waals surface area contributed by atoms with Gasteiger partial charge in [-0.05, 0) is 64.1 Å². The zero-order chi connectivity index (χ0) is 28.2. The van der Waals surface area contributed by atoms with Crippen LogP contribution in [0.25, 0.3) is 22.3 Å². The number of ether oxygens (including phenoxy) is 2. The molecule has 39 heavy (non-hydrogen) atoms. The number of hydrogen-bond acceptors (Lipinski definition) is 8. The molecule has 0 aliphatic carbocycles. The Kier molecular flexibility index (Phi) is 8.17. The van der Waals surface area contributed by atoms with Gasteiger partial charge in [0.25, 0.3) is 10.1 Å². The second-order valence-electron chi connectivity index (χ2n) is 9.93. The largest absolute Gasteiger partial charge is 0.491 e. The average Bonchev–Trinajstić information content (AvgIpc) is 2.89. The summed E-state index contributed by atoms with van der Waals surface area (Å²) in [5.41, 5.74) is 3.84. The van der Waals surface area contributed by atoms with E-state index in [1.54, 1.807) is 43.6 Å². The van der Waals surface area contributed by atoms with Crippen molar-refractivity contribution >= 4 is 32.9 Å². The van der Waals surface area contributed by atoms with Gasteiger partial charge in [-0.25, -0.2) is 9.78 Å². The molecular weight excluding hydrogens is 518 g/mol. The number of aryl methyl sites for hydroxylation is 1. The van der Waals surface area contributed by atoms with Crippen LogP contribution >= 0.6 is 0 Å². The van der Waals surface area contributed by atoms with Crippen LogP contribution in [0.2, 0.25) is 0 Å². The zero-order valence-electron chi connectivity index (χ0n) is 22.5. The van der Waals surface area contributed by atoms with E-state index in [2.05, 4.69) is 4.98 Å². The van der Waals surface area contributed by atoms with Crippen molar-refractivity contribution in [1.29, 1.82) is 0 Å².